The Bertz CT molecular complexity index is 506. The van der Waals surface area contributed by atoms with E-state index in [-0.39, 0.29) is 0 Å². The van der Waals surface area contributed by atoms with Crippen molar-refractivity contribution in [3.05, 3.63) is 29.8 Å². The number of unbranched alkanes of at least 4 members (excludes halogenated alkanes) is 1. The predicted molar refractivity (Wildman–Crippen MR) is 103 cm³/mol. The predicted octanol–water partition coefficient (Wildman–Crippen LogP) is 3.06. The number of benzene rings is 1. The summed E-state index contributed by atoms with van der Waals surface area (Å²) in [6.45, 7) is 4.39. The van der Waals surface area contributed by atoms with E-state index in [2.05, 4.69) is 38.9 Å². The molecule has 0 heterocycles. The van der Waals surface area contributed by atoms with Crippen molar-refractivity contribution < 1.29 is 9.53 Å². The second-order valence-corrected chi connectivity index (χ2v) is 6.12. The van der Waals surface area contributed by atoms with Crippen molar-refractivity contribution in [3.63, 3.8) is 0 Å². The molecule has 1 aromatic carbocycles. The maximum atomic E-state index is 11.1. The van der Waals surface area contributed by atoms with E-state index < -0.39 is 6.09 Å². The van der Waals surface area contributed by atoms with E-state index in [9.17, 15) is 4.79 Å². The van der Waals surface area contributed by atoms with Gasteiger partial charge >= 0.3 is 6.09 Å². The van der Waals surface area contributed by atoms with Gasteiger partial charge in [0, 0.05) is 18.8 Å². The fraction of sp³-hybridized carbons (Fsp3) is 0.529. The summed E-state index contributed by atoms with van der Waals surface area (Å²) < 4.78 is 4.56. The van der Waals surface area contributed by atoms with Crippen LogP contribution in [0.4, 0.5) is 10.5 Å². The normalized spacial score (nSPS) is 11.0. The molecule has 6 nitrogen and oxygen atoms in total. The minimum Gasteiger partial charge on any atom is -0.453 e. The topological polar surface area (TPSA) is 74.8 Å². The third kappa shape index (κ3) is 8.67. The highest BCUT2D eigenvalue weighted by Crippen LogP contribution is 2.10. The first kappa shape index (κ1) is 20.2. The maximum absolute atomic E-state index is 11.1. The molecule has 3 N–H and O–H groups in total. The Balaban J connectivity index is 2.48. The number of ether oxygens (including phenoxy) is 1. The van der Waals surface area contributed by atoms with E-state index in [0.29, 0.717) is 12.2 Å². The lowest BCUT2D eigenvalue weighted by Crippen LogP contribution is -2.37. The van der Waals surface area contributed by atoms with Gasteiger partial charge in [-0.25, -0.2) is 9.79 Å². The summed E-state index contributed by atoms with van der Waals surface area (Å²) >= 11 is 1.88. The molecule has 0 bridgehead atoms. The number of rotatable bonds is 9. The molecule has 1 rings (SSSR count). The number of aliphatic imine (C=N–C) groups is 1. The molecule has 1 aromatic rings. The molecule has 134 valence electrons. The SMILES string of the molecule is CCNC(=NCc1ccc(NC(=O)OC)cc1)NCCCCSC. The molecule has 0 atom stereocenters. The molecule has 24 heavy (non-hydrogen) atoms. The molecule has 0 aliphatic rings. The zero-order valence-corrected chi connectivity index (χ0v) is 15.5. The molecule has 0 aromatic heterocycles. The minimum atomic E-state index is -0.471. The van der Waals surface area contributed by atoms with Crippen molar-refractivity contribution >= 4 is 29.5 Å². The number of hydrogen-bond donors (Lipinski definition) is 3. The Morgan fingerprint density at radius 3 is 2.58 bits per heavy atom. The number of thioether (sulfide) groups is 1. The molecule has 0 saturated heterocycles. The fourth-order valence-corrected chi connectivity index (χ4v) is 2.45. The highest BCUT2D eigenvalue weighted by molar-refractivity contribution is 7.98. The van der Waals surface area contributed by atoms with Crippen molar-refractivity contribution in [2.24, 2.45) is 4.99 Å². The zero-order valence-electron chi connectivity index (χ0n) is 14.7. The maximum Gasteiger partial charge on any atom is 0.411 e. The number of nitrogens with one attached hydrogen (secondary N) is 3. The van der Waals surface area contributed by atoms with Gasteiger partial charge in [-0.1, -0.05) is 12.1 Å². The van der Waals surface area contributed by atoms with E-state index in [4.69, 9.17) is 0 Å². The molecular formula is C17H28N4O2S. The van der Waals surface area contributed by atoms with Crippen molar-refractivity contribution in [1.29, 1.82) is 0 Å². The van der Waals surface area contributed by atoms with Crippen LogP contribution < -0.4 is 16.0 Å². The average molecular weight is 353 g/mol. The van der Waals surface area contributed by atoms with Crippen molar-refractivity contribution in [2.45, 2.75) is 26.3 Å². The number of amides is 1. The Morgan fingerprint density at radius 1 is 1.21 bits per heavy atom. The number of anilines is 1. The van der Waals surface area contributed by atoms with E-state index in [1.54, 1.807) is 0 Å². The fourth-order valence-electron chi connectivity index (χ4n) is 1.95. The van der Waals surface area contributed by atoms with Gasteiger partial charge in [0.1, 0.15) is 0 Å². The zero-order chi connectivity index (χ0) is 17.6. The lowest BCUT2D eigenvalue weighted by molar-refractivity contribution is 0.187. The molecule has 0 spiro atoms. The first-order valence-corrected chi connectivity index (χ1v) is 9.54. The number of methoxy groups -OCH3 is 1. The van der Waals surface area contributed by atoms with Gasteiger partial charge in [-0.15, -0.1) is 0 Å². The van der Waals surface area contributed by atoms with Gasteiger partial charge in [0.2, 0.25) is 0 Å². The monoisotopic (exact) mass is 352 g/mol. The van der Waals surface area contributed by atoms with Gasteiger partial charge in [0.05, 0.1) is 13.7 Å². The van der Waals surface area contributed by atoms with Crippen LogP contribution in [-0.2, 0) is 11.3 Å². The van der Waals surface area contributed by atoms with Crippen LogP contribution in [0.5, 0.6) is 0 Å². The molecule has 7 heteroatoms. The molecule has 0 aliphatic carbocycles. The van der Waals surface area contributed by atoms with E-state index >= 15 is 0 Å². The summed E-state index contributed by atoms with van der Waals surface area (Å²) in [7, 11) is 1.34. The van der Waals surface area contributed by atoms with E-state index in [1.165, 1.54) is 19.3 Å². The minimum absolute atomic E-state index is 0.471. The molecule has 0 radical (unpaired) electrons. The third-order valence-electron chi connectivity index (χ3n) is 3.22. The van der Waals surface area contributed by atoms with Crippen LogP contribution in [0.15, 0.2) is 29.3 Å². The first-order valence-electron chi connectivity index (χ1n) is 8.14. The van der Waals surface area contributed by atoms with E-state index in [1.807, 2.05) is 36.0 Å². The van der Waals surface area contributed by atoms with Crippen LogP contribution in [-0.4, -0.2) is 44.3 Å². The van der Waals surface area contributed by atoms with Gasteiger partial charge < -0.3 is 15.4 Å². The van der Waals surface area contributed by atoms with Gasteiger partial charge in [-0.2, -0.15) is 11.8 Å². The highest BCUT2D eigenvalue weighted by atomic mass is 32.2. The summed E-state index contributed by atoms with van der Waals surface area (Å²) in [5.74, 6) is 2.03. The smallest absolute Gasteiger partial charge is 0.411 e. The lowest BCUT2D eigenvalue weighted by Gasteiger charge is -2.11. The summed E-state index contributed by atoms with van der Waals surface area (Å²) in [6.07, 6.45) is 4.01. The second-order valence-electron chi connectivity index (χ2n) is 5.14. The van der Waals surface area contributed by atoms with Gasteiger partial charge in [-0.05, 0) is 49.5 Å². The average Bonchev–Trinajstić information content (AvgIpc) is 2.60. The van der Waals surface area contributed by atoms with Crippen LogP contribution in [0.3, 0.4) is 0 Å². The Labute approximate surface area is 148 Å². The summed E-state index contributed by atoms with van der Waals surface area (Å²) in [5, 5.41) is 9.23. The summed E-state index contributed by atoms with van der Waals surface area (Å²) in [6, 6.07) is 7.56. The molecule has 0 fully saturated rings. The first-order chi connectivity index (χ1) is 11.7. The largest absolute Gasteiger partial charge is 0.453 e. The van der Waals surface area contributed by atoms with Crippen LogP contribution in [0.25, 0.3) is 0 Å². The van der Waals surface area contributed by atoms with Gasteiger partial charge in [0.25, 0.3) is 0 Å². The summed E-state index contributed by atoms with van der Waals surface area (Å²) in [4.78, 5) is 15.7. The van der Waals surface area contributed by atoms with Crippen LogP contribution in [0.2, 0.25) is 0 Å². The molecule has 0 aliphatic heterocycles. The molecule has 0 unspecified atom stereocenters. The van der Waals surface area contributed by atoms with Crippen molar-refractivity contribution in [2.75, 3.05) is 37.5 Å². The lowest BCUT2D eigenvalue weighted by atomic mass is 10.2. The molecular weight excluding hydrogens is 324 g/mol. The van der Waals surface area contributed by atoms with Crippen molar-refractivity contribution in [1.82, 2.24) is 10.6 Å². The Kier molecular flexibility index (Phi) is 10.5. The number of carbonyl (C=O) groups excluding carboxylic acids is 1. The van der Waals surface area contributed by atoms with Gasteiger partial charge in [-0.3, -0.25) is 5.32 Å². The number of guanidine groups is 1. The summed E-state index contributed by atoms with van der Waals surface area (Å²) in [5.41, 5.74) is 1.78. The standard InChI is InChI=1S/C17H28N4O2S/c1-4-18-16(19-11-5-6-12-24-3)20-13-14-7-9-15(10-8-14)21-17(22)23-2/h7-10H,4-6,11-13H2,1-3H3,(H,21,22)(H2,18,19,20). The third-order valence-corrected chi connectivity index (χ3v) is 3.91. The number of carbonyl (C=O) groups is 1. The second kappa shape index (κ2) is 12.5. The Morgan fingerprint density at radius 2 is 1.96 bits per heavy atom. The van der Waals surface area contributed by atoms with Crippen LogP contribution in [0, 0.1) is 0 Å². The van der Waals surface area contributed by atoms with E-state index in [0.717, 1.165) is 31.0 Å². The van der Waals surface area contributed by atoms with Gasteiger partial charge in [0.15, 0.2) is 5.96 Å². The molecule has 0 saturated carbocycles. The highest BCUT2D eigenvalue weighted by Gasteiger charge is 2.01. The number of hydrogen-bond acceptors (Lipinski definition) is 4. The quantitative estimate of drug-likeness (QED) is 0.362. The van der Waals surface area contributed by atoms with Crippen LogP contribution in [0.1, 0.15) is 25.3 Å². The van der Waals surface area contributed by atoms with Crippen molar-refractivity contribution in [3.8, 4) is 0 Å². The Hall–Kier alpha value is -1.89. The van der Waals surface area contributed by atoms with Crippen LogP contribution >= 0.6 is 11.8 Å². The molecule has 1 amide bonds. The number of nitrogens with zero attached hydrogens (tertiary/aromatic N) is 1.